The smallest absolute Gasteiger partial charge is 0.150 e. The van der Waals surface area contributed by atoms with Crippen LogP contribution in [0.1, 0.15) is 11.3 Å². The number of benzene rings is 1. The van der Waals surface area contributed by atoms with Crippen molar-refractivity contribution in [3.63, 3.8) is 0 Å². The fourth-order valence-electron chi connectivity index (χ4n) is 2.37. The number of rotatable bonds is 1. The lowest BCUT2D eigenvalue weighted by atomic mass is 10.2. The second-order valence-electron chi connectivity index (χ2n) is 4.60. The van der Waals surface area contributed by atoms with E-state index in [1.807, 2.05) is 18.4 Å². The molecule has 0 bridgehead atoms. The number of aromatic nitrogens is 3. The molecule has 4 nitrogen and oxygen atoms in total. The summed E-state index contributed by atoms with van der Waals surface area (Å²) in [5.74, 6) is -0.0158. The maximum absolute atomic E-state index is 13.3. The summed E-state index contributed by atoms with van der Waals surface area (Å²) in [6.07, 6.45) is 1.41. The standard InChI is InChI=1S/C14H12ClFN4/c1-7-8(2)20(9-3-4-11(16)10(15)5-9)14-12(7)13(17)18-6-19-14/h3-6H,1-2H3,(H2,17,18,19). The van der Waals surface area contributed by atoms with Gasteiger partial charge in [0.15, 0.2) is 5.65 Å². The molecule has 0 aliphatic carbocycles. The van der Waals surface area contributed by atoms with Gasteiger partial charge in [0.2, 0.25) is 0 Å². The molecule has 0 saturated heterocycles. The molecule has 0 amide bonds. The van der Waals surface area contributed by atoms with Gasteiger partial charge < -0.3 is 5.73 Å². The van der Waals surface area contributed by atoms with Crippen LogP contribution in [0.25, 0.3) is 16.7 Å². The largest absolute Gasteiger partial charge is 0.383 e. The number of anilines is 1. The molecule has 0 unspecified atom stereocenters. The summed E-state index contributed by atoms with van der Waals surface area (Å²) in [5.41, 5.74) is 9.32. The molecule has 2 heterocycles. The van der Waals surface area contributed by atoms with Crippen molar-refractivity contribution < 1.29 is 4.39 Å². The Morgan fingerprint density at radius 2 is 2.00 bits per heavy atom. The molecule has 0 atom stereocenters. The summed E-state index contributed by atoms with van der Waals surface area (Å²) in [7, 11) is 0. The first-order valence-corrected chi connectivity index (χ1v) is 6.42. The Kier molecular flexibility index (Phi) is 2.87. The van der Waals surface area contributed by atoms with Crippen molar-refractivity contribution in [2.75, 3.05) is 5.73 Å². The molecule has 102 valence electrons. The van der Waals surface area contributed by atoms with E-state index < -0.39 is 5.82 Å². The van der Waals surface area contributed by atoms with E-state index in [1.165, 1.54) is 12.4 Å². The average molecular weight is 291 g/mol. The van der Waals surface area contributed by atoms with Gasteiger partial charge in [0, 0.05) is 11.4 Å². The van der Waals surface area contributed by atoms with Crippen LogP contribution in [0, 0.1) is 19.7 Å². The summed E-state index contributed by atoms with van der Waals surface area (Å²) in [4.78, 5) is 8.30. The average Bonchev–Trinajstić information content (AvgIpc) is 2.67. The molecule has 0 aliphatic heterocycles. The van der Waals surface area contributed by atoms with Gasteiger partial charge in [0.1, 0.15) is 18.0 Å². The third-order valence-corrected chi connectivity index (χ3v) is 3.77. The van der Waals surface area contributed by atoms with Gasteiger partial charge in [0.05, 0.1) is 10.4 Å². The number of nitrogen functional groups attached to an aromatic ring is 1. The minimum Gasteiger partial charge on any atom is -0.383 e. The van der Waals surface area contributed by atoms with Crippen LogP contribution >= 0.6 is 11.6 Å². The highest BCUT2D eigenvalue weighted by atomic mass is 35.5. The molecule has 2 aromatic heterocycles. The van der Waals surface area contributed by atoms with E-state index in [0.29, 0.717) is 11.5 Å². The minimum absolute atomic E-state index is 0.0726. The second-order valence-corrected chi connectivity index (χ2v) is 5.01. The van der Waals surface area contributed by atoms with Crippen molar-refractivity contribution in [3.05, 3.63) is 46.6 Å². The number of fused-ring (bicyclic) bond motifs is 1. The van der Waals surface area contributed by atoms with Crippen molar-refractivity contribution in [2.45, 2.75) is 13.8 Å². The number of nitrogens with two attached hydrogens (primary N) is 1. The number of aryl methyl sites for hydroxylation is 1. The fourth-order valence-corrected chi connectivity index (χ4v) is 2.54. The highest BCUT2D eigenvalue weighted by Gasteiger charge is 2.16. The normalized spacial score (nSPS) is 11.2. The maximum Gasteiger partial charge on any atom is 0.150 e. The summed E-state index contributed by atoms with van der Waals surface area (Å²) in [6, 6.07) is 4.56. The Labute approximate surface area is 120 Å². The van der Waals surface area contributed by atoms with Crippen molar-refractivity contribution in [1.82, 2.24) is 14.5 Å². The molecule has 3 rings (SSSR count). The van der Waals surface area contributed by atoms with Crippen LogP contribution in [0.5, 0.6) is 0 Å². The molecule has 0 fully saturated rings. The fraction of sp³-hybridized carbons (Fsp3) is 0.143. The van der Waals surface area contributed by atoms with Gasteiger partial charge in [-0.2, -0.15) is 0 Å². The SMILES string of the molecule is Cc1c(C)n(-c2ccc(F)c(Cl)c2)c2ncnc(N)c12. The maximum atomic E-state index is 13.3. The zero-order valence-corrected chi connectivity index (χ0v) is 11.7. The summed E-state index contributed by atoms with van der Waals surface area (Å²) >= 11 is 5.86. The Morgan fingerprint density at radius 3 is 2.70 bits per heavy atom. The van der Waals surface area contributed by atoms with Crippen molar-refractivity contribution >= 4 is 28.5 Å². The van der Waals surface area contributed by atoms with Gasteiger partial charge in [-0.05, 0) is 37.6 Å². The Hall–Kier alpha value is -2.14. The first-order valence-electron chi connectivity index (χ1n) is 6.04. The predicted octanol–water partition coefficient (Wildman–Crippen LogP) is 3.41. The predicted molar refractivity (Wildman–Crippen MR) is 77.7 cm³/mol. The number of halogens is 2. The van der Waals surface area contributed by atoms with Gasteiger partial charge in [-0.15, -0.1) is 0 Å². The first kappa shape index (κ1) is 12.9. The summed E-state index contributed by atoms with van der Waals surface area (Å²) in [6.45, 7) is 3.91. The van der Waals surface area contributed by atoms with E-state index in [4.69, 9.17) is 17.3 Å². The molecule has 2 N–H and O–H groups in total. The van der Waals surface area contributed by atoms with Gasteiger partial charge in [0.25, 0.3) is 0 Å². The number of nitrogens with zero attached hydrogens (tertiary/aromatic N) is 3. The highest BCUT2D eigenvalue weighted by Crippen LogP contribution is 2.30. The zero-order chi connectivity index (χ0) is 14.4. The molecule has 0 aliphatic rings. The molecular formula is C14H12ClFN4. The Bertz CT molecular complexity index is 826. The third kappa shape index (κ3) is 1.74. The van der Waals surface area contributed by atoms with Crippen LogP contribution in [-0.4, -0.2) is 14.5 Å². The van der Waals surface area contributed by atoms with Crippen molar-refractivity contribution in [3.8, 4) is 5.69 Å². The van der Waals surface area contributed by atoms with Crippen LogP contribution in [-0.2, 0) is 0 Å². The summed E-state index contributed by atoms with van der Waals surface area (Å²) < 4.78 is 15.2. The van der Waals surface area contributed by atoms with E-state index in [9.17, 15) is 4.39 Å². The van der Waals surface area contributed by atoms with Gasteiger partial charge in [-0.1, -0.05) is 11.6 Å². The van der Waals surface area contributed by atoms with Crippen molar-refractivity contribution in [1.29, 1.82) is 0 Å². The first-order chi connectivity index (χ1) is 9.50. The lowest BCUT2D eigenvalue weighted by Gasteiger charge is -2.08. The molecule has 0 spiro atoms. The molecule has 20 heavy (non-hydrogen) atoms. The Morgan fingerprint density at radius 1 is 1.25 bits per heavy atom. The lowest BCUT2D eigenvalue weighted by Crippen LogP contribution is -1.99. The molecule has 1 aromatic carbocycles. The Balaban J connectivity index is 2.39. The monoisotopic (exact) mass is 290 g/mol. The second kappa shape index (κ2) is 4.45. The van der Waals surface area contributed by atoms with E-state index in [0.717, 1.165) is 22.3 Å². The molecular weight excluding hydrogens is 279 g/mol. The summed E-state index contributed by atoms with van der Waals surface area (Å²) in [5, 5.41) is 0.883. The van der Waals surface area contributed by atoms with Crippen LogP contribution in [0.3, 0.4) is 0 Å². The molecule has 6 heteroatoms. The van der Waals surface area contributed by atoms with Crippen LogP contribution in [0.4, 0.5) is 10.2 Å². The van der Waals surface area contributed by atoms with Gasteiger partial charge in [-0.3, -0.25) is 4.57 Å². The van der Waals surface area contributed by atoms with Crippen LogP contribution in [0.15, 0.2) is 24.5 Å². The van der Waals surface area contributed by atoms with E-state index in [2.05, 4.69) is 9.97 Å². The number of hydrogen-bond donors (Lipinski definition) is 1. The molecule has 3 aromatic rings. The van der Waals surface area contributed by atoms with Crippen molar-refractivity contribution in [2.24, 2.45) is 0 Å². The van der Waals surface area contributed by atoms with E-state index in [1.54, 1.807) is 12.1 Å². The number of hydrogen-bond acceptors (Lipinski definition) is 3. The van der Waals surface area contributed by atoms with Gasteiger partial charge in [-0.25, -0.2) is 14.4 Å². The quantitative estimate of drug-likeness (QED) is 0.747. The minimum atomic E-state index is -0.449. The highest BCUT2D eigenvalue weighted by molar-refractivity contribution is 6.30. The molecule has 0 saturated carbocycles. The van der Waals surface area contributed by atoms with E-state index in [-0.39, 0.29) is 5.02 Å². The lowest BCUT2D eigenvalue weighted by molar-refractivity contribution is 0.628. The van der Waals surface area contributed by atoms with E-state index >= 15 is 0 Å². The molecule has 0 radical (unpaired) electrons. The third-order valence-electron chi connectivity index (χ3n) is 3.48. The van der Waals surface area contributed by atoms with Gasteiger partial charge >= 0.3 is 0 Å². The van der Waals surface area contributed by atoms with Crippen LogP contribution < -0.4 is 5.73 Å². The van der Waals surface area contributed by atoms with Crippen LogP contribution in [0.2, 0.25) is 5.02 Å². The zero-order valence-electron chi connectivity index (χ0n) is 11.0. The topological polar surface area (TPSA) is 56.7 Å².